The fourth-order valence-electron chi connectivity index (χ4n) is 1.48. The standard InChI is InChI=1S/C11H15NO4S/c1-15-9-5-6-11(10(7-9)16-2)17(13,14)12-8-3-4-8/h5-8,12H,3-4H2,1-2H3. The van der Waals surface area contributed by atoms with E-state index in [-0.39, 0.29) is 16.7 Å². The summed E-state index contributed by atoms with van der Waals surface area (Å²) in [5.41, 5.74) is 0. The van der Waals surface area contributed by atoms with Gasteiger partial charge in [0.15, 0.2) is 0 Å². The van der Waals surface area contributed by atoms with Gasteiger partial charge < -0.3 is 9.47 Å². The Morgan fingerprint density at radius 3 is 2.47 bits per heavy atom. The topological polar surface area (TPSA) is 64.6 Å². The van der Waals surface area contributed by atoms with Crippen LogP contribution in [0.5, 0.6) is 11.5 Å². The molecule has 0 spiro atoms. The molecule has 0 aromatic heterocycles. The van der Waals surface area contributed by atoms with Crippen LogP contribution in [0.1, 0.15) is 12.8 Å². The Bertz CT molecular complexity index is 508. The lowest BCUT2D eigenvalue weighted by atomic mass is 10.3. The predicted octanol–water partition coefficient (Wildman–Crippen LogP) is 1.14. The molecule has 17 heavy (non-hydrogen) atoms. The summed E-state index contributed by atoms with van der Waals surface area (Å²) >= 11 is 0. The average Bonchev–Trinajstić information content (AvgIpc) is 3.11. The molecule has 1 aliphatic carbocycles. The number of ether oxygens (including phenoxy) is 2. The molecule has 0 atom stereocenters. The lowest BCUT2D eigenvalue weighted by molar-refractivity contribution is 0.386. The fourth-order valence-corrected chi connectivity index (χ4v) is 2.94. The maximum absolute atomic E-state index is 12.0. The maximum Gasteiger partial charge on any atom is 0.244 e. The molecule has 0 aliphatic heterocycles. The molecule has 0 heterocycles. The Kier molecular flexibility index (Phi) is 3.26. The van der Waals surface area contributed by atoms with E-state index < -0.39 is 10.0 Å². The van der Waals surface area contributed by atoms with Crippen molar-refractivity contribution in [2.75, 3.05) is 14.2 Å². The molecule has 0 amide bonds. The number of nitrogens with one attached hydrogen (secondary N) is 1. The first-order chi connectivity index (χ1) is 8.06. The molecule has 1 aliphatic rings. The first-order valence-electron chi connectivity index (χ1n) is 5.31. The van der Waals surface area contributed by atoms with Gasteiger partial charge in [-0.05, 0) is 25.0 Å². The van der Waals surface area contributed by atoms with Crippen molar-refractivity contribution in [3.8, 4) is 11.5 Å². The number of methoxy groups -OCH3 is 2. The summed E-state index contributed by atoms with van der Waals surface area (Å²) in [5, 5.41) is 0. The first kappa shape index (κ1) is 12.2. The summed E-state index contributed by atoms with van der Waals surface area (Å²) in [5.74, 6) is 0.852. The molecule has 94 valence electrons. The van der Waals surface area contributed by atoms with Gasteiger partial charge in [0.1, 0.15) is 16.4 Å². The van der Waals surface area contributed by atoms with Crippen molar-refractivity contribution in [2.45, 2.75) is 23.8 Å². The van der Waals surface area contributed by atoms with Crippen molar-refractivity contribution in [3.05, 3.63) is 18.2 Å². The molecular weight excluding hydrogens is 242 g/mol. The van der Waals surface area contributed by atoms with Gasteiger partial charge in [-0.25, -0.2) is 13.1 Å². The molecule has 1 fully saturated rings. The molecule has 1 saturated carbocycles. The van der Waals surface area contributed by atoms with Crippen LogP contribution in [0.3, 0.4) is 0 Å². The zero-order valence-corrected chi connectivity index (χ0v) is 10.6. The predicted molar refractivity (Wildman–Crippen MR) is 62.9 cm³/mol. The number of hydrogen-bond donors (Lipinski definition) is 1. The highest BCUT2D eigenvalue weighted by Crippen LogP contribution is 2.30. The molecule has 0 radical (unpaired) electrons. The van der Waals surface area contributed by atoms with Crippen LogP contribution in [0.15, 0.2) is 23.1 Å². The third-order valence-corrected chi connectivity index (χ3v) is 4.12. The molecule has 1 N–H and O–H groups in total. The third-order valence-electron chi connectivity index (χ3n) is 2.56. The van der Waals surface area contributed by atoms with E-state index in [4.69, 9.17) is 9.47 Å². The van der Waals surface area contributed by atoms with Crippen molar-refractivity contribution in [1.29, 1.82) is 0 Å². The number of sulfonamides is 1. The van der Waals surface area contributed by atoms with Gasteiger partial charge in [0.05, 0.1) is 14.2 Å². The van der Waals surface area contributed by atoms with Gasteiger partial charge in [0.25, 0.3) is 0 Å². The van der Waals surface area contributed by atoms with Crippen LogP contribution in [0, 0.1) is 0 Å². The molecule has 1 aromatic rings. The molecular formula is C11H15NO4S. The SMILES string of the molecule is COc1ccc(S(=O)(=O)NC2CC2)c(OC)c1. The minimum atomic E-state index is -3.50. The summed E-state index contributed by atoms with van der Waals surface area (Å²) in [6.07, 6.45) is 1.80. The van der Waals surface area contributed by atoms with Crippen LogP contribution in [0.25, 0.3) is 0 Å². The van der Waals surface area contributed by atoms with Crippen LogP contribution in [0.2, 0.25) is 0 Å². The summed E-state index contributed by atoms with van der Waals surface area (Å²) in [7, 11) is -0.541. The highest BCUT2D eigenvalue weighted by Gasteiger charge is 2.29. The van der Waals surface area contributed by atoms with Crippen molar-refractivity contribution >= 4 is 10.0 Å². The van der Waals surface area contributed by atoms with Gasteiger partial charge in [-0.15, -0.1) is 0 Å². The van der Waals surface area contributed by atoms with Crippen LogP contribution >= 0.6 is 0 Å². The zero-order valence-electron chi connectivity index (χ0n) is 9.76. The lowest BCUT2D eigenvalue weighted by Gasteiger charge is -2.11. The Balaban J connectivity index is 2.36. The van der Waals surface area contributed by atoms with E-state index in [1.807, 2.05) is 0 Å². The Labute approximate surface area is 101 Å². The van der Waals surface area contributed by atoms with Crippen LogP contribution in [-0.4, -0.2) is 28.7 Å². The Morgan fingerprint density at radius 2 is 1.94 bits per heavy atom. The van der Waals surface area contributed by atoms with Crippen LogP contribution in [0.4, 0.5) is 0 Å². The summed E-state index contributed by atoms with van der Waals surface area (Å²) < 4.78 is 36.8. The Morgan fingerprint density at radius 1 is 1.24 bits per heavy atom. The molecule has 1 aromatic carbocycles. The van der Waals surface area contributed by atoms with E-state index in [9.17, 15) is 8.42 Å². The second-order valence-electron chi connectivity index (χ2n) is 3.91. The van der Waals surface area contributed by atoms with Gasteiger partial charge in [-0.1, -0.05) is 0 Å². The van der Waals surface area contributed by atoms with Crippen molar-refractivity contribution in [2.24, 2.45) is 0 Å². The quantitative estimate of drug-likeness (QED) is 0.859. The van der Waals surface area contributed by atoms with E-state index in [2.05, 4.69) is 4.72 Å². The van der Waals surface area contributed by atoms with E-state index in [1.54, 1.807) is 12.1 Å². The zero-order chi connectivity index (χ0) is 12.5. The molecule has 5 nitrogen and oxygen atoms in total. The number of benzene rings is 1. The Hall–Kier alpha value is -1.27. The minimum Gasteiger partial charge on any atom is -0.497 e. The van der Waals surface area contributed by atoms with Gasteiger partial charge >= 0.3 is 0 Å². The second-order valence-corrected chi connectivity index (χ2v) is 5.59. The second kappa shape index (κ2) is 4.54. The smallest absolute Gasteiger partial charge is 0.244 e. The highest BCUT2D eigenvalue weighted by molar-refractivity contribution is 7.89. The monoisotopic (exact) mass is 257 g/mol. The highest BCUT2D eigenvalue weighted by atomic mass is 32.2. The normalized spacial score (nSPS) is 15.6. The van der Waals surface area contributed by atoms with Crippen LogP contribution in [-0.2, 0) is 10.0 Å². The molecule has 0 saturated heterocycles. The van der Waals surface area contributed by atoms with Gasteiger partial charge in [0.2, 0.25) is 10.0 Å². The van der Waals surface area contributed by atoms with E-state index in [0.29, 0.717) is 5.75 Å². The van der Waals surface area contributed by atoms with E-state index in [1.165, 1.54) is 20.3 Å². The largest absolute Gasteiger partial charge is 0.497 e. The van der Waals surface area contributed by atoms with Gasteiger partial charge in [0, 0.05) is 12.1 Å². The number of hydrogen-bond acceptors (Lipinski definition) is 4. The molecule has 6 heteroatoms. The van der Waals surface area contributed by atoms with E-state index in [0.717, 1.165) is 12.8 Å². The average molecular weight is 257 g/mol. The van der Waals surface area contributed by atoms with Gasteiger partial charge in [-0.2, -0.15) is 0 Å². The van der Waals surface area contributed by atoms with E-state index >= 15 is 0 Å². The van der Waals surface area contributed by atoms with Crippen LogP contribution < -0.4 is 14.2 Å². The van der Waals surface area contributed by atoms with Crippen molar-refractivity contribution in [3.63, 3.8) is 0 Å². The minimum absolute atomic E-state index is 0.0757. The fraction of sp³-hybridized carbons (Fsp3) is 0.455. The first-order valence-corrected chi connectivity index (χ1v) is 6.79. The molecule has 2 rings (SSSR count). The molecule has 0 unspecified atom stereocenters. The lowest BCUT2D eigenvalue weighted by Crippen LogP contribution is -2.26. The van der Waals surface area contributed by atoms with Gasteiger partial charge in [-0.3, -0.25) is 0 Å². The number of rotatable bonds is 5. The summed E-state index contributed by atoms with van der Waals surface area (Å²) in [4.78, 5) is 0.146. The van der Waals surface area contributed by atoms with Crippen molar-refractivity contribution in [1.82, 2.24) is 4.72 Å². The summed E-state index contributed by atoms with van der Waals surface area (Å²) in [6.45, 7) is 0. The molecule has 0 bridgehead atoms. The third kappa shape index (κ3) is 2.70. The van der Waals surface area contributed by atoms with Crippen molar-refractivity contribution < 1.29 is 17.9 Å². The maximum atomic E-state index is 12.0. The summed E-state index contributed by atoms with van der Waals surface area (Å²) in [6, 6.07) is 4.72.